The van der Waals surface area contributed by atoms with Crippen LogP contribution in [0.1, 0.15) is 29.8 Å². The lowest BCUT2D eigenvalue weighted by molar-refractivity contribution is 0.102. The molecular weight excluding hydrogens is 252 g/mol. The lowest BCUT2D eigenvalue weighted by Gasteiger charge is -2.16. The SMILES string of the molecule is Cn1cc(C(=O)Nc2ccc(C(C)(C)C#N)cc2)cn1. The Balaban J connectivity index is 2.12. The monoisotopic (exact) mass is 268 g/mol. The van der Waals surface area contributed by atoms with Gasteiger partial charge >= 0.3 is 0 Å². The van der Waals surface area contributed by atoms with Crippen LogP contribution in [0.25, 0.3) is 0 Å². The van der Waals surface area contributed by atoms with E-state index in [9.17, 15) is 4.79 Å². The Hall–Kier alpha value is -2.61. The van der Waals surface area contributed by atoms with Crippen LogP contribution in [0.4, 0.5) is 5.69 Å². The summed E-state index contributed by atoms with van der Waals surface area (Å²) >= 11 is 0. The molecule has 0 aliphatic rings. The number of hydrogen-bond donors (Lipinski definition) is 1. The molecule has 102 valence electrons. The minimum Gasteiger partial charge on any atom is -0.322 e. The number of hydrogen-bond acceptors (Lipinski definition) is 3. The minimum atomic E-state index is -0.536. The Morgan fingerprint density at radius 2 is 2.00 bits per heavy atom. The molecule has 2 aromatic rings. The molecule has 1 N–H and O–H groups in total. The Bertz CT molecular complexity index is 662. The molecule has 1 amide bonds. The van der Waals surface area contributed by atoms with Crippen molar-refractivity contribution in [2.75, 3.05) is 5.32 Å². The van der Waals surface area contributed by atoms with Crippen molar-refractivity contribution in [3.63, 3.8) is 0 Å². The lowest BCUT2D eigenvalue weighted by atomic mass is 9.86. The Morgan fingerprint density at radius 1 is 1.35 bits per heavy atom. The van der Waals surface area contributed by atoms with Crippen molar-refractivity contribution in [3.05, 3.63) is 47.8 Å². The van der Waals surface area contributed by atoms with Crippen LogP contribution in [-0.2, 0) is 12.5 Å². The normalized spacial score (nSPS) is 10.9. The number of anilines is 1. The number of aromatic nitrogens is 2. The van der Waals surface area contributed by atoms with Crippen molar-refractivity contribution in [1.82, 2.24) is 9.78 Å². The van der Waals surface area contributed by atoms with E-state index in [1.165, 1.54) is 6.20 Å². The third-order valence-corrected chi connectivity index (χ3v) is 3.11. The zero-order valence-electron chi connectivity index (χ0n) is 11.7. The highest BCUT2D eigenvalue weighted by Crippen LogP contribution is 2.23. The maximum Gasteiger partial charge on any atom is 0.258 e. The van der Waals surface area contributed by atoms with Gasteiger partial charge in [-0.3, -0.25) is 9.48 Å². The van der Waals surface area contributed by atoms with Crippen LogP contribution in [0.3, 0.4) is 0 Å². The maximum absolute atomic E-state index is 11.9. The number of nitrogens with one attached hydrogen (secondary N) is 1. The zero-order chi connectivity index (χ0) is 14.8. The Kier molecular flexibility index (Phi) is 3.57. The first kappa shape index (κ1) is 13.8. The van der Waals surface area contributed by atoms with E-state index >= 15 is 0 Å². The van der Waals surface area contributed by atoms with Gasteiger partial charge in [0.25, 0.3) is 5.91 Å². The summed E-state index contributed by atoms with van der Waals surface area (Å²) in [6.45, 7) is 3.71. The topological polar surface area (TPSA) is 70.7 Å². The van der Waals surface area contributed by atoms with Gasteiger partial charge in [-0.05, 0) is 31.5 Å². The highest BCUT2D eigenvalue weighted by atomic mass is 16.1. The molecule has 0 atom stereocenters. The quantitative estimate of drug-likeness (QED) is 0.929. The second kappa shape index (κ2) is 5.17. The zero-order valence-corrected chi connectivity index (χ0v) is 11.7. The predicted molar refractivity (Wildman–Crippen MR) is 76.2 cm³/mol. The summed E-state index contributed by atoms with van der Waals surface area (Å²) in [5.74, 6) is -0.203. The fourth-order valence-corrected chi connectivity index (χ4v) is 1.78. The predicted octanol–water partition coefficient (Wildman–Crippen LogP) is 2.47. The number of benzene rings is 1. The van der Waals surface area contributed by atoms with Gasteiger partial charge in [0.15, 0.2) is 0 Å². The molecule has 1 aromatic carbocycles. The molecule has 0 bridgehead atoms. The van der Waals surface area contributed by atoms with Crippen LogP contribution in [0.5, 0.6) is 0 Å². The van der Waals surface area contributed by atoms with Gasteiger partial charge < -0.3 is 5.32 Å². The highest BCUT2D eigenvalue weighted by Gasteiger charge is 2.19. The van der Waals surface area contributed by atoms with Crippen molar-refractivity contribution in [2.24, 2.45) is 7.05 Å². The fourth-order valence-electron chi connectivity index (χ4n) is 1.78. The molecular formula is C15H16N4O. The molecule has 5 heteroatoms. The molecule has 0 saturated heterocycles. The van der Waals surface area contributed by atoms with Gasteiger partial charge in [-0.25, -0.2) is 0 Å². The van der Waals surface area contributed by atoms with Crippen molar-refractivity contribution in [1.29, 1.82) is 5.26 Å². The van der Waals surface area contributed by atoms with Gasteiger partial charge in [-0.15, -0.1) is 0 Å². The molecule has 0 aliphatic carbocycles. The summed E-state index contributed by atoms with van der Waals surface area (Å²) in [7, 11) is 1.76. The van der Waals surface area contributed by atoms with Crippen LogP contribution in [0.15, 0.2) is 36.7 Å². The lowest BCUT2D eigenvalue weighted by Crippen LogP contribution is -2.14. The third-order valence-electron chi connectivity index (χ3n) is 3.11. The summed E-state index contributed by atoms with van der Waals surface area (Å²) in [6.07, 6.45) is 3.17. The van der Waals surface area contributed by atoms with Crippen molar-refractivity contribution >= 4 is 11.6 Å². The van der Waals surface area contributed by atoms with E-state index < -0.39 is 5.41 Å². The fraction of sp³-hybridized carbons (Fsp3) is 0.267. The van der Waals surface area contributed by atoms with E-state index in [1.54, 1.807) is 30.1 Å². The molecule has 0 radical (unpaired) electrons. The molecule has 0 spiro atoms. The van der Waals surface area contributed by atoms with E-state index in [-0.39, 0.29) is 5.91 Å². The van der Waals surface area contributed by atoms with Gasteiger partial charge in [0, 0.05) is 18.9 Å². The summed E-state index contributed by atoms with van der Waals surface area (Å²) in [4.78, 5) is 11.9. The molecule has 5 nitrogen and oxygen atoms in total. The van der Waals surface area contributed by atoms with Gasteiger partial charge in [-0.2, -0.15) is 10.4 Å². The van der Waals surface area contributed by atoms with Gasteiger partial charge in [0.2, 0.25) is 0 Å². The molecule has 2 rings (SSSR count). The number of amides is 1. The van der Waals surface area contributed by atoms with Crippen LogP contribution < -0.4 is 5.32 Å². The number of nitrogens with zero attached hydrogens (tertiary/aromatic N) is 3. The van der Waals surface area contributed by atoms with Crippen molar-refractivity contribution in [2.45, 2.75) is 19.3 Å². The average molecular weight is 268 g/mol. The van der Waals surface area contributed by atoms with Crippen LogP contribution in [0.2, 0.25) is 0 Å². The number of nitriles is 1. The van der Waals surface area contributed by atoms with E-state index in [2.05, 4.69) is 16.5 Å². The second-order valence-corrected chi connectivity index (χ2v) is 5.17. The third kappa shape index (κ3) is 2.86. The first-order valence-corrected chi connectivity index (χ1v) is 6.24. The molecule has 0 aliphatic heterocycles. The summed E-state index contributed by atoms with van der Waals surface area (Å²) in [6, 6.07) is 9.54. The Morgan fingerprint density at radius 3 is 2.50 bits per heavy atom. The smallest absolute Gasteiger partial charge is 0.258 e. The largest absolute Gasteiger partial charge is 0.322 e. The molecule has 0 fully saturated rings. The molecule has 20 heavy (non-hydrogen) atoms. The molecule has 0 unspecified atom stereocenters. The standard InChI is InChI=1S/C15H16N4O/c1-15(2,10-16)12-4-6-13(7-5-12)18-14(20)11-8-17-19(3)9-11/h4-9H,1-3H3,(H,18,20). The van der Waals surface area contributed by atoms with Gasteiger partial charge in [0.1, 0.15) is 0 Å². The Labute approximate surface area is 117 Å². The summed E-state index contributed by atoms with van der Waals surface area (Å²) < 4.78 is 1.58. The molecule has 0 saturated carbocycles. The number of aryl methyl sites for hydroxylation is 1. The maximum atomic E-state index is 11.9. The first-order chi connectivity index (χ1) is 9.42. The van der Waals surface area contributed by atoms with Crippen molar-refractivity contribution < 1.29 is 4.79 Å². The van der Waals surface area contributed by atoms with Gasteiger partial charge in [-0.1, -0.05) is 12.1 Å². The molecule has 1 heterocycles. The average Bonchev–Trinajstić information content (AvgIpc) is 2.86. The van der Waals surface area contributed by atoms with E-state index in [1.807, 2.05) is 26.0 Å². The summed E-state index contributed by atoms with van der Waals surface area (Å²) in [5.41, 5.74) is 1.58. The minimum absolute atomic E-state index is 0.203. The highest BCUT2D eigenvalue weighted by molar-refractivity contribution is 6.03. The second-order valence-electron chi connectivity index (χ2n) is 5.17. The summed E-state index contributed by atoms with van der Waals surface area (Å²) in [5, 5.41) is 15.8. The number of carbonyl (C=O) groups excluding carboxylic acids is 1. The van der Waals surface area contributed by atoms with E-state index in [0.717, 1.165) is 5.56 Å². The number of rotatable bonds is 3. The van der Waals surface area contributed by atoms with Gasteiger partial charge in [0.05, 0.1) is 23.2 Å². The first-order valence-electron chi connectivity index (χ1n) is 6.24. The van der Waals surface area contributed by atoms with Crippen LogP contribution >= 0.6 is 0 Å². The molecule has 1 aromatic heterocycles. The van der Waals surface area contributed by atoms with Crippen LogP contribution in [0, 0.1) is 11.3 Å². The number of carbonyl (C=O) groups is 1. The van der Waals surface area contributed by atoms with Crippen LogP contribution in [-0.4, -0.2) is 15.7 Å². The van der Waals surface area contributed by atoms with Crippen molar-refractivity contribution in [3.8, 4) is 6.07 Å². The van der Waals surface area contributed by atoms with E-state index in [0.29, 0.717) is 11.3 Å². The van der Waals surface area contributed by atoms with E-state index in [4.69, 9.17) is 5.26 Å².